The van der Waals surface area contributed by atoms with Gasteiger partial charge in [0.25, 0.3) is 0 Å². The van der Waals surface area contributed by atoms with Gasteiger partial charge in [0.2, 0.25) is 5.91 Å². The summed E-state index contributed by atoms with van der Waals surface area (Å²) in [7, 11) is -1.10. The van der Waals surface area contributed by atoms with Gasteiger partial charge >= 0.3 is 10.1 Å². The van der Waals surface area contributed by atoms with E-state index < -0.39 is 10.1 Å². The maximum atomic E-state index is 12.5. The number of hydrogen-bond donors (Lipinski definition) is 0. The van der Waals surface area contributed by atoms with Gasteiger partial charge in [-0.3, -0.25) is 4.79 Å². The molecule has 1 saturated heterocycles. The summed E-state index contributed by atoms with van der Waals surface area (Å²) in [6, 6.07) is 10.6. The fraction of sp³-hybridized carbons (Fsp3) is 0.278. The predicted molar refractivity (Wildman–Crippen MR) is 95.4 cm³/mol. The second-order valence-corrected chi connectivity index (χ2v) is 7.27. The first kappa shape index (κ1) is 18.1. The minimum absolute atomic E-state index is 0.00492. The van der Waals surface area contributed by atoms with Crippen molar-refractivity contribution in [1.82, 2.24) is 0 Å². The lowest BCUT2D eigenvalue weighted by Gasteiger charge is -2.16. The highest BCUT2D eigenvalue weighted by atomic mass is 32.2. The fourth-order valence-electron chi connectivity index (χ4n) is 2.72. The first-order valence-corrected chi connectivity index (χ1v) is 9.42. The van der Waals surface area contributed by atoms with E-state index in [-0.39, 0.29) is 16.6 Å². The van der Waals surface area contributed by atoms with Crippen LogP contribution in [0.15, 0.2) is 47.4 Å². The van der Waals surface area contributed by atoms with Crippen LogP contribution in [0.2, 0.25) is 0 Å². The van der Waals surface area contributed by atoms with Gasteiger partial charge in [0.15, 0.2) is 0 Å². The highest BCUT2D eigenvalue weighted by molar-refractivity contribution is 7.87. The van der Waals surface area contributed by atoms with E-state index in [1.54, 1.807) is 23.1 Å². The molecule has 2 aromatic carbocycles. The molecule has 1 amide bonds. The minimum Gasteiger partial charge on any atom is -0.496 e. The smallest absolute Gasteiger partial charge is 0.339 e. The average Bonchev–Trinajstić information content (AvgIpc) is 3.07. The molecule has 0 atom stereocenters. The minimum atomic E-state index is -4.03. The number of carbonyl (C=O) groups excluding carboxylic acids is 1. The van der Waals surface area contributed by atoms with Crippen molar-refractivity contribution in [3.05, 3.63) is 42.5 Å². The third kappa shape index (κ3) is 3.75. The van der Waals surface area contributed by atoms with Crippen molar-refractivity contribution in [2.45, 2.75) is 17.7 Å². The molecule has 138 valence electrons. The predicted octanol–water partition coefficient (Wildman–Crippen LogP) is 2.60. The van der Waals surface area contributed by atoms with Crippen LogP contribution in [-0.4, -0.2) is 35.1 Å². The first-order chi connectivity index (χ1) is 12.4. The van der Waals surface area contributed by atoms with Gasteiger partial charge in [0, 0.05) is 36.9 Å². The summed E-state index contributed by atoms with van der Waals surface area (Å²) in [6.07, 6.45) is 1.32. The molecule has 2 aromatic rings. The van der Waals surface area contributed by atoms with E-state index in [0.717, 1.165) is 6.42 Å². The Kier molecular flexibility index (Phi) is 5.03. The van der Waals surface area contributed by atoms with Gasteiger partial charge in [-0.2, -0.15) is 8.42 Å². The van der Waals surface area contributed by atoms with E-state index in [0.29, 0.717) is 30.2 Å². The van der Waals surface area contributed by atoms with Crippen LogP contribution in [-0.2, 0) is 14.9 Å². The average molecular weight is 377 g/mol. The number of nitrogens with zero attached hydrogens (tertiary/aromatic N) is 1. The summed E-state index contributed by atoms with van der Waals surface area (Å²) in [5.74, 6) is 0.954. The Morgan fingerprint density at radius 3 is 2.00 bits per heavy atom. The summed E-state index contributed by atoms with van der Waals surface area (Å²) < 4.78 is 40.4. The molecule has 1 aliphatic heterocycles. The fourth-order valence-corrected chi connectivity index (χ4v) is 3.63. The van der Waals surface area contributed by atoms with Crippen molar-refractivity contribution in [2.24, 2.45) is 0 Å². The number of methoxy groups -OCH3 is 2. The van der Waals surface area contributed by atoms with Gasteiger partial charge in [-0.25, -0.2) is 0 Å². The lowest BCUT2D eigenvalue weighted by molar-refractivity contribution is -0.117. The lowest BCUT2D eigenvalue weighted by Crippen LogP contribution is -2.23. The van der Waals surface area contributed by atoms with Crippen LogP contribution in [0.25, 0.3) is 0 Å². The Labute approximate surface area is 152 Å². The van der Waals surface area contributed by atoms with Crippen LogP contribution < -0.4 is 18.6 Å². The summed E-state index contributed by atoms with van der Waals surface area (Å²) in [6.45, 7) is 0.644. The van der Waals surface area contributed by atoms with Crippen molar-refractivity contribution in [1.29, 1.82) is 0 Å². The third-order valence-corrected chi connectivity index (χ3v) is 5.30. The summed E-state index contributed by atoms with van der Waals surface area (Å²) >= 11 is 0. The van der Waals surface area contributed by atoms with E-state index in [2.05, 4.69) is 0 Å². The van der Waals surface area contributed by atoms with Crippen molar-refractivity contribution < 1.29 is 26.9 Å². The number of anilines is 1. The Hall–Kier alpha value is -2.74. The highest BCUT2D eigenvalue weighted by Gasteiger charge is 2.23. The van der Waals surface area contributed by atoms with Crippen molar-refractivity contribution in [3.8, 4) is 17.2 Å². The van der Waals surface area contributed by atoms with Gasteiger partial charge in [-0.1, -0.05) is 0 Å². The van der Waals surface area contributed by atoms with E-state index in [4.69, 9.17) is 13.7 Å². The van der Waals surface area contributed by atoms with Crippen LogP contribution >= 0.6 is 0 Å². The maximum Gasteiger partial charge on any atom is 0.339 e. The molecule has 0 aliphatic carbocycles. The van der Waals surface area contributed by atoms with E-state index in [1.807, 2.05) is 0 Å². The van der Waals surface area contributed by atoms with Crippen LogP contribution in [0.5, 0.6) is 17.2 Å². The maximum absolute atomic E-state index is 12.5. The van der Waals surface area contributed by atoms with Gasteiger partial charge < -0.3 is 18.6 Å². The highest BCUT2D eigenvalue weighted by Crippen LogP contribution is 2.30. The Morgan fingerprint density at radius 2 is 1.50 bits per heavy atom. The zero-order chi connectivity index (χ0) is 18.7. The Morgan fingerprint density at radius 1 is 0.923 bits per heavy atom. The normalized spacial score (nSPS) is 14.4. The van der Waals surface area contributed by atoms with Crippen molar-refractivity contribution >= 4 is 21.7 Å². The van der Waals surface area contributed by atoms with Gasteiger partial charge in [0.05, 0.1) is 14.2 Å². The number of benzene rings is 2. The van der Waals surface area contributed by atoms with Gasteiger partial charge in [-0.15, -0.1) is 0 Å². The molecule has 26 heavy (non-hydrogen) atoms. The second kappa shape index (κ2) is 7.25. The standard InChI is InChI=1S/C18H19NO6S/c1-23-14-10-15(24-2)12-16(11-14)25-26(21,22)17-7-5-13(6-8-17)19-9-3-4-18(19)20/h5-8,10-12H,3-4,9H2,1-2H3. The monoisotopic (exact) mass is 377 g/mol. The molecule has 0 bridgehead atoms. The van der Waals surface area contributed by atoms with Crippen LogP contribution in [0.3, 0.4) is 0 Å². The molecule has 0 spiro atoms. The second-order valence-electron chi connectivity index (χ2n) is 5.73. The molecule has 1 heterocycles. The molecule has 1 aliphatic rings. The van der Waals surface area contributed by atoms with E-state index >= 15 is 0 Å². The van der Waals surface area contributed by atoms with Crippen LogP contribution in [0, 0.1) is 0 Å². The molecular formula is C18H19NO6S. The first-order valence-electron chi connectivity index (χ1n) is 8.01. The number of amides is 1. The molecule has 0 radical (unpaired) electrons. The molecule has 0 aromatic heterocycles. The number of rotatable bonds is 6. The van der Waals surface area contributed by atoms with Gasteiger partial charge in [0.1, 0.15) is 22.1 Å². The molecule has 3 rings (SSSR count). The SMILES string of the molecule is COc1cc(OC)cc(OS(=O)(=O)c2ccc(N3CCCC3=O)cc2)c1. The van der Waals surface area contributed by atoms with Crippen molar-refractivity contribution in [2.75, 3.05) is 25.7 Å². The molecule has 0 saturated carbocycles. The van der Waals surface area contributed by atoms with E-state index in [9.17, 15) is 13.2 Å². The molecule has 8 heteroatoms. The van der Waals surface area contributed by atoms with Crippen LogP contribution in [0.1, 0.15) is 12.8 Å². The molecular weight excluding hydrogens is 358 g/mol. The third-order valence-electron chi connectivity index (χ3n) is 4.04. The number of hydrogen-bond acceptors (Lipinski definition) is 6. The molecule has 0 unspecified atom stereocenters. The summed E-state index contributed by atoms with van der Waals surface area (Å²) in [5.41, 5.74) is 0.675. The Bertz CT molecular complexity index is 886. The topological polar surface area (TPSA) is 82.1 Å². The quantitative estimate of drug-likeness (QED) is 0.720. The summed E-state index contributed by atoms with van der Waals surface area (Å²) in [4.78, 5) is 13.4. The molecule has 1 fully saturated rings. The van der Waals surface area contributed by atoms with Crippen LogP contribution in [0.4, 0.5) is 5.69 Å². The van der Waals surface area contributed by atoms with Gasteiger partial charge in [-0.05, 0) is 30.7 Å². The number of carbonyl (C=O) groups is 1. The largest absolute Gasteiger partial charge is 0.496 e. The zero-order valence-corrected chi connectivity index (χ0v) is 15.3. The Balaban J connectivity index is 1.83. The zero-order valence-electron chi connectivity index (χ0n) is 14.5. The number of ether oxygens (including phenoxy) is 2. The van der Waals surface area contributed by atoms with E-state index in [1.165, 1.54) is 38.5 Å². The molecule has 0 N–H and O–H groups in total. The molecule has 7 nitrogen and oxygen atoms in total. The summed E-state index contributed by atoms with van der Waals surface area (Å²) in [5, 5.41) is 0. The lowest BCUT2D eigenvalue weighted by atomic mass is 10.3. The van der Waals surface area contributed by atoms with Crippen molar-refractivity contribution in [3.63, 3.8) is 0 Å².